The van der Waals surface area contributed by atoms with Gasteiger partial charge in [-0.3, -0.25) is 0 Å². The van der Waals surface area contributed by atoms with Crippen LogP contribution in [-0.2, 0) is 11.3 Å². The molecule has 0 amide bonds. The molecule has 0 spiro atoms. The van der Waals surface area contributed by atoms with Crippen LogP contribution in [0.3, 0.4) is 0 Å². The first-order chi connectivity index (χ1) is 16.8. The molecule has 0 aromatic heterocycles. The van der Waals surface area contributed by atoms with Gasteiger partial charge < -0.3 is 19.6 Å². The summed E-state index contributed by atoms with van der Waals surface area (Å²) in [6, 6.07) is 19.9. The molecule has 0 fully saturated rings. The van der Waals surface area contributed by atoms with E-state index in [9.17, 15) is 5.11 Å². The maximum atomic E-state index is 10.6. The quantitative estimate of drug-likeness (QED) is 0.186. The van der Waals surface area contributed by atoms with Crippen molar-refractivity contribution in [3.63, 3.8) is 0 Å². The molecule has 1 aliphatic heterocycles. The van der Waals surface area contributed by atoms with Crippen LogP contribution >= 0.6 is 75.0 Å². The normalized spacial score (nSPS) is 15.5. The lowest BCUT2D eigenvalue weighted by molar-refractivity contribution is 0.00519. The molecule has 0 bridgehead atoms. The minimum absolute atomic E-state index is 0. The summed E-state index contributed by atoms with van der Waals surface area (Å²) >= 11 is 31.7. The Labute approximate surface area is 246 Å². The summed E-state index contributed by atoms with van der Waals surface area (Å²) in [6.45, 7) is 1.07. The number of halogens is 6. The Balaban J connectivity index is 0.00000361. The van der Waals surface area contributed by atoms with Gasteiger partial charge in [0, 0.05) is 44.6 Å². The largest absolute Gasteiger partial charge is 0.387 e. The van der Waals surface area contributed by atoms with Gasteiger partial charge in [-0.1, -0.05) is 88.3 Å². The van der Waals surface area contributed by atoms with Crippen molar-refractivity contribution in [1.29, 1.82) is 0 Å². The predicted octanol–water partition coefficient (Wildman–Crippen LogP) is 8.48. The number of rotatable bonds is 9. The number of hydrogen-bond donors (Lipinski definition) is 1. The molecule has 1 heterocycles. The summed E-state index contributed by atoms with van der Waals surface area (Å²) in [5, 5.41) is 12.9. The zero-order valence-corrected chi connectivity index (χ0v) is 24.4. The van der Waals surface area contributed by atoms with E-state index >= 15 is 0 Å². The van der Waals surface area contributed by atoms with Gasteiger partial charge in [0.2, 0.25) is 0 Å². The Morgan fingerprint density at radius 1 is 0.806 bits per heavy atom. The number of aliphatic hydroxyl groups is 1. The molecule has 0 aliphatic carbocycles. The second-order valence-electron chi connectivity index (χ2n) is 8.15. The van der Waals surface area contributed by atoms with Gasteiger partial charge in [0.15, 0.2) is 0 Å². The van der Waals surface area contributed by atoms with E-state index < -0.39 is 17.7 Å². The number of β-amino-alcohol motifs (C(OH)–C–C–N with tert-alkyl or cyclic N) is 1. The van der Waals surface area contributed by atoms with Gasteiger partial charge in [-0.05, 0) is 47.5 Å². The minimum atomic E-state index is -0.670. The van der Waals surface area contributed by atoms with Crippen molar-refractivity contribution in [3.8, 4) is 0 Å². The topological polar surface area (TPSA) is 35.9 Å². The second kappa shape index (κ2) is 13.6. The van der Waals surface area contributed by atoms with Gasteiger partial charge in [-0.2, -0.15) is 0 Å². The van der Waals surface area contributed by atoms with Crippen molar-refractivity contribution in [2.24, 2.45) is 0 Å². The van der Waals surface area contributed by atoms with Crippen molar-refractivity contribution in [3.05, 3.63) is 116 Å². The molecule has 1 aliphatic rings. The van der Waals surface area contributed by atoms with Crippen LogP contribution < -0.4 is 0 Å². The Kier molecular flexibility index (Phi) is 11.1. The van der Waals surface area contributed by atoms with E-state index in [4.69, 9.17) is 62.7 Å². The minimum Gasteiger partial charge on any atom is -0.387 e. The van der Waals surface area contributed by atoms with Gasteiger partial charge in [0.25, 0.3) is 0 Å². The van der Waals surface area contributed by atoms with E-state index in [0.29, 0.717) is 38.9 Å². The van der Waals surface area contributed by atoms with E-state index in [2.05, 4.69) is 0 Å². The summed E-state index contributed by atoms with van der Waals surface area (Å²) in [5.74, 6) is 0. The molecule has 3 aromatic carbocycles. The van der Waals surface area contributed by atoms with Crippen LogP contribution in [0.15, 0.2) is 79.1 Å². The van der Waals surface area contributed by atoms with Crippen molar-refractivity contribution in [1.82, 2.24) is 9.80 Å². The highest BCUT2D eigenvalue weighted by Gasteiger charge is 2.30. The summed E-state index contributed by atoms with van der Waals surface area (Å²) in [4.78, 5) is 3.93. The Morgan fingerprint density at radius 3 is 1.94 bits per heavy atom. The maximum absolute atomic E-state index is 10.6. The van der Waals surface area contributed by atoms with Crippen molar-refractivity contribution >= 4 is 75.0 Å². The fourth-order valence-corrected chi connectivity index (χ4v) is 4.88. The van der Waals surface area contributed by atoms with E-state index in [1.165, 1.54) is 0 Å². The van der Waals surface area contributed by atoms with Crippen LogP contribution in [0.4, 0.5) is 0 Å². The second-order valence-corrected chi connectivity index (χ2v) is 10.3. The van der Waals surface area contributed by atoms with Crippen molar-refractivity contribution in [2.75, 3.05) is 13.2 Å². The van der Waals surface area contributed by atoms with Gasteiger partial charge in [0.05, 0.1) is 19.4 Å². The molecular weight excluding hydrogens is 629 g/mol. The van der Waals surface area contributed by atoms with Crippen LogP contribution in [0.2, 0.25) is 20.1 Å². The smallest absolute Gasteiger partial charge is 0.135 e. The fraction of sp³-hybridized carbons (Fsp3) is 0.231. The number of alkyl halides is 1. The van der Waals surface area contributed by atoms with E-state index in [-0.39, 0.29) is 23.6 Å². The monoisotopic (exact) mass is 650 g/mol. The number of benzene rings is 3. The molecule has 0 saturated heterocycles. The Morgan fingerprint density at radius 2 is 1.36 bits per heavy atom. The standard InChI is InChI=1S/C26H23Cl5N2O2.BrH/c27-19-8-4-17(5-9-19)24(34)14-32-12-13-33(16-32)26(31)25(18-6-10-20(28)11-7-18)35-15-21-22(29)2-1-3-23(21)30;/h1-13,24-26,34H,14-16H2;1H. The highest BCUT2D eigenvalue weighted by Crippen LogP contribution is 2.34. The van der Waals surface area contributed by atoms with Crippen LogP contribution in [-0.4, -0.2) is 33.6 Å². The SMILES string of the molecule is Br.OC(CN1C=CN(C(Cl)C(OCc2c(Cl)cccc2Cl)c2ccc(Cl)cc2)C1)c1ccc(Cl)cc1. The van der Waals surface area contributed by atoms with Crippen LogP contribution in [0.5, 0.6) is 0 Å². The van der Waals surface area contributed by atoms with E-state index in [1.807, 2.05) is 46.5 Å². The van der Waals surface area contributed by atoms with E-state index in [1.54, 1.807) is 42.5 Å². The summed E-state index contributed by atoms with van der Waals surface area (Å²) in [5.41, 5.74) is 1.81. The third-order valence-electron chi connectivity index (χ3n) is 5.71. The molecule has 10 heteroatoms. The third-order valence-corrected chi connectivity index (χ3v) is 7.40. The molecule has 0 saturated carbocycles. The zero-order valence-electron chi connectivity index (χ0n) is 18.9. The third kappa shape index (κ3) is 7.46. The molecule has 36 heavy (non-hydrogen) atoms. The lowest BCUT2D eigenvalue weighted by atomic mass is 10.1. The molecule has 0 radical (unpaired) electrons. The molecule has 192 valence electrons. The summed E-state index contributed by atoms with van der Waals surface area (Å²) in [6.07, 6.45) is 2.61. The average molecular weight is 654 g/mol. The van der Waals surface area contributed by atoms with Gasteiger partial charge in [-0.15, -0.1) is 17.0 Å². The van der Waals surface area contributed by atoms with Crippen LogP contribution in [0.25, 0.3) is 0 Å². The Hall–Kier alpha value is -1.15. The highest BCUT2D eigenvalue weighted by atomic mass is 79.9. The number of aliphatic hydroxyl groups excluding tert-OH is 1. The van der Waals surface area contributed by atoms with E-state index in [0.717, 1.165) is 11.1 Å². The molecule has 3 atom stereocenters. The number of hydrogen-bond acceptors (Lipinski definition) is 4. The maximum Gasteiger partial charge on any atom is 0.135 e. The highest BCUT2D eigenvalue weighted by molar-refractivity contribution is 8.93. The zero-order chi connectivity index (χ0) is 24.9. The molecular formula is C26H24BrCl5N2O2. The summed E-state index contributed by atoms with van der Waals surface area (Å²) in [7, 11) is 0. The number of nitrogens with zero attached hydrogens (tertiary/aromatic N) is 2. The lowest BCUT2D eigenvalue weighted by Crippen LogP contribution is -2.36. The van der Waals surface area contributed by atoms with Crippen LogP contribution in [0, 0.1) is 0 Å². The van der Waals surface area contributed by atoms with Crippen molar-refractivity contribution < 1.29 is 9.84 Å². The average Bonchev–Trinajstić information content (AvgIpc) is 3.30. The molecule has 3 aromatic rings. The fourth-order valence-electron chi connectivity index (χ4n) is 3.78. The van der Waals surface area contributed by atoms with Gasteiger partial charge in [-0.25, -0.2) is 0 Å². The molecule has 3 unspecified atom stereocenters. The first-order valence-electron chi connectivity index (χ1n) is 10.9. The van der Waals surface area contributed by atoms with Crippen LogP contribution in [0.1, 0.15) is 28.9 Å². The first kappa shape index (κ1) is 29.4. The molecule has 1 N–H and O–H groups in total. The van der Waals surface area contributed by atoms with Crippen molar-refractivity contribution in [2.45, 2.75) is 24.3 Å². The van der Waals surface area contributed by atoms with Gasteiger partial charge in [0.1, 0.15) is 11.6 Å². The molecule has 4 rings (SSSR count). The number of ether oxygens (including phenoxy) is 1. The lowest BCUT2D eigenvalue weighted by Gasteiger charge is -2.32. The first-order valence-corrected chi connectivity index (χ1v) is 12.8. The summed E-state index contributed by atoms with van der Waals surface area (Å²) < 4.78 is 6.29. The van der Waals surface area contributed by atoms with Gasteiger partial charge >= 0.3 is 0 Å². The molecule has 4 nitrogen and oxygen atoms in total. The Bertz CT molecular complexity index is 1140. The predicted molar refractivity (Wildman–Crippen MR) is 154 cm³/mol.